The van der Waals surface area contributed by atoms with Crippen molar-refractivity contribution in [3.8, 4) is 5.88 Å². The molecule has 1 saturated heterocycles. The average Bonchev–Trinajstić information content (AvgIpc) is 3.35. The lowest BCUT2D eigenvalue weighted by molar-refractivity contribution is 0.190. The molecular formula is C26H31N5O2. The van der Waals surface area contributed by atoms with Crippen molar-refractivity contribution in [1.82, 2.24) is 24.2 Å². The van der Waals surface area contributed by atoms with Gasteiger partial charge in [-0.3, -0.25) is 14.1 Å². The van der Waals surface area contributed by atoms with Crippen molar-refractivity contribution in [1.29, 1.82) is 0 Å². The number of piperidine rings is 1. The summed E-state index contributed by atoms with van der Waals surface area (Å²) in [7, 11) is 1.61. The lowest BCUT2D eigenvalue weighted by Gasteiger charge is -2.32. The lowest BCUT2D eigenvalue weighted by Crippen LogP contribution is -2.42. The molecule has 1 N–H and O–H groups in total. The van der Waals surface area contributed by atoms with Gasteiger partial charge in [0.05, 0.1) is 12.6 Å². The first-order valence-corrected chi connectivity index (χ1v) is 11.8. The summed E-state index contributed by atoms with van der Waals surface area (Å²) in [5.41, 5.74) is 3.62. The number of nitrogens with zero attached hydrogens (tertiary/aromatic N) is 4. The second kappa shape index (κ2) is 9.77. The minimum atomic E-state index is 0.0219. The van der Waals surface area contributed by atoms with Crippen LogP contribution in [-0.2, 0) is 13.1 Å². The number of hydrogen-bond donors (Lipinski definition) is 1. The van der Waals surface area contributed by atoms with Gasteiger partial charge in [-0.1, -0.05) is 30.3 Å². The molecule has 1 aliphatic heterocycles. The third-order valence-electron chi connectivity index (χ3n) is 6.60. The van der Waals surface area contributed by atoms with E-state index in [9.17, 15) is 4.79 Å². The van der Waals surface area contributed by atoms with E-state index in [1.54, 1.807) is 7.11 Å². The number of benzene rings is 1. The molecule has 0 radical (unpaired) electrons. The maximum absolute atomic E-state index is 13.1. The normalized spacial score (nSPS) is 15.4. The van der Waals surface area contributed by atoms with Crippen LogP contribution in [0, 0.1) is 0 Å². The number of aryl methyl sites for hydroxylation is 1. The summed E-state index contributed by atoms with van der Waals surface area (Å²) >= 11 is 0. The zero-order chi connectivity index (χ0) is 22.6. The van der Waals surface area contributed by atoms with E-state index in [1.807, 2.05) is 39.4 Å². The number of ether oxygens (including phenoxy) is 1. The Kier molecular flexibility index (Phi) is 6.41. The van der Waals surface area contributed by atoms with Crippen molar-refractivity contribution in [3.63, 3.8) is 0 Å². The van der Waals surface area contributed by atoms with Crippen LogP contribution in [0.25, 0.3) is 16.7 Å². The Labute approximate surface area is 193 Å². The molecule has 0 bridgehead atoms. The summed E-state index contributed by atoms with van der Waals surface area (Å²) in [6.07, 6.45) is 5.09. The molecule has 0 atom stereocenters. The van der Waals surface area contributed by atoms with Crippen LogP contribution in [0.3, 0.4) is 0 Å². The Morgan fingerprint density at radius 3 is 2.64 bits per heavy atom. The van der Waals surface area contributed by atoms with Gasteiger partial charge in [0.15, 0.2) is 5.65 Å². The quantitative estimate of drug-likeness (QED) is 0.422. The van der Waals surface area contributed by atoms with Gasteiger partial charge in [-0.2, -0.15) is 4.98 Å². The van der Waals surface area contributed by atoms with Gasteiger partial charge in [0, 0.05) is 31.4 Å². The maximum Gasteiger partial charge on any atom is 0.275 e. The van der Waals surface area contributed by atoms with Crippen LogP contribution < -0.4 is 15.6 Å². The number of rotatable bonds is 8. The van der Waals surface area contributed by atoms with Gasteiger partial charge in [-0.05, 0) is 62.7 Å². The van der Waals surface area contributed by atoms with Gasteiger partial charge in [0.25, 0.3) is 5.56 Å². The Morgan fingerprint density at radius 2 is 1.85 bits per heavy atom. The number of likely N-dealkylation sites (tertiary alicyclic amines) is 1. The van der Waals surface area contributed by atoms with Crippen LogP contribution in [0.4, 0.5) is 0 Å². The van der Waals surface area contributed by atoms with Crippen molar-refractivity contribution >= 4 is 16.7 Å². The molecule has 33 heavy (non-hydrogen) atoms. The summed E-state index contributed by atoms with van der Waals surface area (Å²) in [4.78, 5) is 20.2. The first-order valence-electron chi connectivity index (χ1n) is 11.8. The van der Waals surface area contributed by atoms with Gasteiger partial charge in [-0.25, -0.2) is 0 Å². The van der Waals surface area contributed by atoms with Crippen LogP contribution in [0.1, 0.15) is 24.8 Å². The fraction of sp³-hybridized carbons (Fsp3) is 0.385. The number of pyridine rings is 1. The highest BCUT2D eigenvalue weighted by molar-refractivity contribution is 5.75. The Morgan fingerprint density at radius 1 is 1.03 bits per heavy atom. The van der Waals surface area contributed by atoms with E-state index < -0.39 is 0 Å². The zero-order valence-corrected chi connectivity index (χ0v) is 19.1. The molecule has 0 saturated carbocycles. The molecule has 7 heteroatoms. The fourth-order valence-electron chi connectivity index (χ4n) is 4.82. The highest BCUT2D eigenvalue weighted by Crippen LogP contribution is 2.18. The van der Waals surface area contributed by atoms with Crippen LogP contribution in [0.15, 0.2) is 65.6 Å². The van der Waals surface area contributed by atoms with E-state index in [4.69, 9.17) is 4.74 Å². The summed E-state index contributed by atoms with van der Waals surface area (Å²) in [6, 6.07) is 18.7. The largest absolute Gasteiger partial charge is 0.481 e. The van der Waals surface area contributed by atoms with Crippen molar-refractivity contribution in [2.75, 3.05) is 26.7 Å². The molecule has 7 nitrogen and oxygen atoms in total. The Balaban J connectivity index is 1.18. The van der Waals surface area contributed by atoms with E-state index >= 15 is 0 Å². The van der Waals surface area contributed by atoms with Crippen LogP contribution in [0.5, 0.6) is 5.88 Å². The van der Waals surface area contributed by atoms with Crippen LogP contribution in [0.2, 0.25) is 0 Å². The van der Waals surface area contributed by atoms with E-state index in [0.29, 0.717) is 24.0 Å². The zero-order valence-electron chi connectivity index (χ0n) is 19.1. The second-order valence-corrected chi connectivity index (χ2v) is 8.76. The molecule has 172 valence electrons. The van der Waals surface area contributed by atoms with Crippen LogP contribution in [-0.4, -0.2) is 51.6 Å². The third kappa shape index (κ3) is 4.65. The number of hydrogen-bond acceptors (Lipinski definition) is 5. The van der Waals surface area contributed by atoms with E-state index in [2.05, 4.69) is 45.5 Å². The SMILES string of the molecule is COc1ccc2c(n1)n1cccc1c(=O)n2CCCNC1CCN(Cc2ccccc2)CC1. The average molecular weight is 446 g/mol. The summed E-state index contributed by atoms with van der Waals surface area (Å²) in [5.74, 6) is 0.544. The molecular weight excluding hydrogens is 414 g/mol. The highest BCUT2D eigenvalue weighted by atomic mass is 16.5. The Bertz CT molecular complexity index is 1270. The third-order valence-corrected chi connectivity index (χ3v) is 6.60. The first kappa shape index (κ1) is 21.7. The molecule has 0 unspecified atom stereocenters. The monoisotopic (exact) mass is 445 g/mol. The number of methoxy groups -OCH3 is 1. The molecule has 5 rings (SSSR count). The number of aromatic nitrogens is 3. The predicted octanol–water partition coefficient (Wildman–Crippen LogP) is 3.30. The van der Waals surface area contributed by atoms with Gasteiger partial charge in [0.2, 0.25) is 5.88 Å². The van der Waals surface area contributed by atoms with Gasteiger partial charge < -0.3 is 14.6 Å². The summed E-state index contributed by atoms with van der Waals surface area (Å²) in [6.45, 7) is 4.83. The molecule has 0 spiro atoms. The summed E-state index contributed by atoms with van der Waals surface area (Å²) in [5, 5.41) is 3.71. The van der Waals surface area contributed by atoms with Gasteiger partial charge in [0.1, 0.15) is 5.52 Å². The van der Waals surface area contributed by atoms with Crippen molar-refractivity contribution in [2.45, 2.75) is 38.4 Å². The van der Waals surface area contributed by atoms with Gasteiger partial charge in [-0.15, -0.1) is 0 Å². The topological polar surface area (TPSA) is 63.8 Å². The highest BCUT2D eigenvalue weighted by Gasteiger charge is 2.19. The lowest BCUT2D eigenvalue weighted by atomic mass is 10.0. The molecule has 3 aromatic heterocycles. The van der Waals surface area contributed by atoms with Gasteiger partial charge >= 0.3 is 0 Å². The smallest absolute Gasteiger partial charge is 0.275 e. The second-order valence-electron chi connectivity index (χ2n) is 8.76. The molecule has 1 aromatic carbocycles. The molecule has 4 heterocycles. The molecule has 4 aromatic rings. The minimum absolute atomic E-state index is 0.0219. The maximum atomic E-state index is 13.1. The number of fused-ring (bicyclic) bond motifs is 3. The summed E-state index contributed by atoms with van der Waals surface area (Å²) < 4.78 is 8.99. The fourth-order valence-corrected chi connectivity index (χ4v) is 4.82. The van der Waals surface area contributed by atoms with Crippen molar-refractivity contribution < 1.29 is 4.74 Å². The molecule has 1 aliphatic rings. The Hall–Kier alpha value is -3.16. The molecule has 0 amide bonds. The standard InChI is InChI=1S/C26H31N5O2/c1-33-24-11-10-22-25(28-24)30-15-5-9-23(30)26(32)31(22)16-6-14-27-21-12-17-29(18-13-21)19-20-7-3-2-4-8-20/h2-5,7-11,15,21,27H,6,12-14,16-19H2,1H3. The number of nitrogens with one attached hydrogen (secondary N) is 1. The minimum Gasteiger partial charge on any atom is -0.481 e. The van der Waals surface area contributed by atoms with E-state index in [1.165, 1.54) is 5.56 Å². The first-order chi connectivity index (χ1) is 16.2. The molecule has 1 fully saturated rings. The van der Waals surface area contributed by atoms with E-state index in [-0.39, 0.29) is 5.56 Å². The van der Waals surface area contributed by atoms with Crippen LogP contribution >= 0.6 is 0 Å². The predicted molar refractivity (Wildman–Crippen MR) is 131 cm³/mol. The van der Waals surface area contributed by atoms with Crippen molar-refractivity contribution in [2.24, 2.45) is 0 Å². The van der Waals surface area contributed by atoms with E-state index in [0.717, 1.165) is 56.6 Å². The van der Waals surface area contributed by atoms with Crippen molar-refractivity contribution in [3.05, 3.63) is 76.7 Å². The molecule has 0 aliphatic carbocycles.